The highest BCUT2D eigenvalue weighted by Gasteiger charge is 2.27. The van der Waals surface area contributed by atoms with E-state index in [1.165, 1.54) is 0 Å². The molecule has 6 nitrogen and oxygen atoms in total. The Bertz CT molecular complexity index is 1010. The van der Waals surface area contributed by atoms with Crippen LogP contribution in [-0.2, 0) is 4.79 Å². The Labute approximate surface area is 170 Å². The highest BCUT2D eigenvalue weighted by Crippen LogP contribution is 2.25. The van der Waals surface area contributed by atoms with Gasteiger partial charge in [0, 0.05) is 44.2 Å². The predicted octanol–water partition coefficient (Wildman–Crippen LogP) is 3.83. The van der Waals surface area contributed by atoms with Crippen LogP contribution in [0.25, 0.3) is 22.6 Å². The van der Waals surface area contributed by atoms with Crippen molar-refractivity contribution in [2.75, 3.05) is 26.7 Å². The van der Waals surface area contributed by atoms with E-state index in [1.54, 1.807) is 4.90 Å². The fourth-order valence-electron chi connectivity index (χ4n) is 3.90. The van der Waals surface area contributed by atoms with E-state index >= 15 is 0 Å². The molecule has 0 saturated carbocycles. The van der Waals surface area contributed by atoms with E-state index in [0.717, 1.165) is 36.2 Å². The lowest BCUT2D eigenvalue weighted by atomic mass is 10.1. The Morgan fingerprint density at radius 2 is 2.03 bits per heavy atom. The molecule has 0 bridgehead atoms. The number of hydrogen-bond donors (Lipinski definition) is 0. The zero-order valence-electron chi connectivity index (χ0n) is 16.8. The average Bonchev–Trinajstić information content (AvgIpc) is 3.39. The summed E-state index contributed by atoms with van der Waals surface area (Å²) in [5.74, 6) is 0.975. The summed E-state index contributed by atoms with van der Waals surface area (Å²) in [6.45, 7) is 4.04. The molecule has 1 unspecified atom stereocenters. The number of para-hydroxylation sites is 2. The summed E-state index contributed by atoms with van der Waals surface area (Å²) in [5.41, 5.74) is 2.90. The summed E-state index contributed by atoms with van der Waals surface area (Å²) in [6.07, 6.45) is 1.47. The highest BCUT2D eigenvalue weighted by atomic mass is 16.3. The minimum absolute atomic E-state index is 0.0387. The summed E-state index contributed by atoms with van der Waals surface area (Å²) in [6, 6.07) is 15.0. The number of benzene rings is 2. The Balaban J connectivity index is 1.46. The molecule has 4 rings (SSSR count). The molecule has 0 spiro atoms. The second kappa shape index (κ2) is 8.07. The lowest BCUT2D eigenvalue weighted by Gasteiger charge is -2.22. The van der Waals surface area contributed by atoms with Crippen LogP contribution < -0.4 is 0 Å². The van der Waals surface area contributed by atoms with E-state index < -0.39 is 0 Å². The SMILES string of the molecule is CCC(=O)N1CCC(CN(C)C(=O)c2cccc(-c3nc4ccccc4o3)c2)C1. The van der Waals surface area contributed by atoms with Gasteiger partial charge in [0.05, 0.1) is 0 Å². The molecule has 3 aromatic rings. The maximum absolute atomic E-state index is 13.0. The Morgan fingerprint density at radius 3 is 2.83 bits per heavy atom. The number of carbonyl (C=O) groups is 2. The largest absolute Gasteiger partial charge is 0.436 e. The van der Waals surface area contributed by atoms with Crippen LogP contribution in [0, 0.1) is 5.92 Å². The fraction of sp³-hybridized carbons (Fsp3) is 0.348. The molecule has 150 valence electrons. The molecular formula is C23H25N3O3. The maximum Gasteiger partial charge on any atom is 0.253 e. The Hall–Kier alpha value is -3.15. The van der Waals surface area contributed by atoms with Gasteiger partial charge in [-0.2, -0.15) is 0 Å². The fourth-order valence-corrected chi connectivity index (χ4v) is 3.90. The minimum Gasteiger partial charge on any atom is -0.436 e. The van der Waals surface area contributed by atoms with E-state index in [9.17, 15) is 9.59 Å². The zero-order valence-corrected chi connectivity index (χ0v) is 16.8. The number of amides is 2. The van der Waals surface area contributed by atoms with Crippen molar-refractivity contribution >= 4 is 22.9 Å². The summed E-state index contributed by atoms with van der Waals surface area (Å²) >= 11 is 0. The maximum atomic E-state index is 13.0. The van der Waals surface area contributed by atoms with Gasteiger partial charge in [-0.05, 0) is 42.7 Å². The van der Waals surface area contributed by atoms with Crippen molar-refractivity contribution in [2.45, 2.75) is 19.8 Å². The normalized spacial score (nSPS) is 16.3. The lowest BCUT2D eigenvalue weighted by molar-refractivity contribution is -0.129. The zero-order chi connectivity index (χ0) is 20.4. The minimum atomic E-state index is -0.0387. The van der Waals surface area contributed by atoms with E-state index in [0.29, 0.717) is 30.3 Å². The molecule has 1 atom stereocenters. The summed E-state index contributed by atoms with van der Waals surface area (Å²) in [7, 11) is 1.82. The highest BCUT2D eigenvalue weighted by molar-refractivity contribution is 5.95. The van der Waals surface area contributed by atoms with Gasteiger partial charge < -0.3 is 14.2 Å². The monoisotopic (exact) mass is 391 g/mol. The number of oxazole rings is 1. The van der Waals surface area contributed by atoms with Crippen molar-refractivity contribution < 1.29 is 14.0 Å². The number of nitrogens with zero attached hydrogens (tertiary/aromatic N) is 3. The van der Waals surface area contributed by atoms with Crippen LogP contribution in [-0.4, -0.2) is 53.3 Å². The van der Waals surface area contributed by atoms with Crippen LogP contribution in [0.1, 0.15) is 30.1 Å². The first kappa shape index (κ1) is 19.2. The van der Waals surface area contributed by atoms with E-state index in [1.807, 2.05) is 67.4 Å². The van der Waals surface area contributed by atoms with Crippen molar-refractivity contribution in [1.82, 2.24) is 14.8 Å². The number of likely N-dealkylation sites (tertiary alicyclic amines) is 1. The van der Waals surface area contributed by atoms with Gasteiger partial charge in [0.25, 0.3) is 5.91 Å². The molecule has 0 N–H and O–H groups in total. The molecule has 2 amide bonds. The Kier molecular flexibility index (Phi) is 5.34. The number of carbonyl (C=O) groups excluding carboxylic acids is 2. The summed E-state index contributed by atoms with van der Waals surface area (Å²) in [5, 5.41) is 0. The van der Waals surface area contributed by atoms with Gasteiger partial charge in [-0.3, -0.25) is 9.59 Å². The smallest absolute Gasteiger partial charge is 0.253 e. The topological polar surface area (TPSA) is 66.7 Å². The third-order valence-corrected chi connectivity index (χ3v) is 5.47. The van der Waals surface area contributed by atoms with Crippen LogP contribution >= 0.6 is 0 Å². The van der Waals surface area contributed by atoms with E-state index in [-0.39, 0.29) is 11.8 Å². The quantitative estimate of drug-likeness (QED) is 0.663. The van der Waals surface area contributed by atoms with E-state index in [2.05, 4.69) is 4.98 Å². The van der Waals surface area contributed by atoms with Gasteiger partial charge >= 0.3 is 0 Å². The van der Waals surface area contributed by atoms with Gasteiger partial charge in [0.15, 0.2) is 5.58 Å². The molecule has 2 heterocycles. The van der Waals surface area contributed by atoms with Gasteiger partial charge in [-0.25, -0.2) is 4.98 Å². The molecule has 0 aliphatic carbocycles. The molecule has 1 aliphatic heterocycles. The van der Waals surface area contributed by atoms with Gasteiger partial charge in [-0.15, -0.1) is 0 Å². The van der Waals surface area contributed by atoms with Crippen LogP contribution in [0.5, 0.6) is 0 Å². The van der Waals surface area contributed by atoms with Gasteiger partial charge in [-0.1, -0.05) is 25.1 Å². The van der Waals surface area contributed by atoms with Crippen LogP contribution in [0.3, 0.4) is 0 Å². The molecular weight excluding hydrogens is 366 g/mol. The summed E-state index contributed by atoms with van der Waals surface area (Å²) < 4.78 is 5.83. The lowest BCUT2D eigenvalue weighted by Crippen LogP contribution is -2.34. The molecule has 1 fully saturated rings. The molecule has 2 aromatic carbocycles. The number of fused-ring (bicyclic) bond motifs is 1. The molecule has 29 heavy (non-hydrogen) atoms. The molecule has 1 aromatic heterocycles. The van der Waals surface area contributed by atoms with Crippen molar-refractivity contribution in [3.8, 4) is 11.5 Å². The molecule has 1 aliphatic rings. The van der Waals surface area contributed by atoms with Gasteiger partial charge in [0.1, 0.15) is 5.52 Å². The number of aromatic nitrogens is 1. The second-order valence-corrected chi connectivity index (χ2v) is 7.60. The van der Waals surface area contributed by atoms with Crippen molar-refractivity contribution in [3.63, 3.8) is 0 Å². The average molecular weight is 391 g/mol. The molecule has 6 heteroatoms. The van der Waals surface area contributed by atoms with Crippen LogP contribution in [0.2, 0.25) is 0 Å². The predicted molar refractivity (Wildman–Crippen MR) is 111 cm³/mol. The standard InChI is InChI=1S/C23H25N3O3/c1-3-21(27)26-12-11-16(15-26)14-25(2)23(28)18-8-6-7-17(13-18)22-24-19-9-4-5-10-20(19)29-22/h4-10,13,16H,3,11-12,14-15H2,1-2H3. The number of hydrogen-bond acceptors (Lipinski definition) is 4. The third kappa shape index (κ3) is 4.01. The first-order valence-corrected chi connectivity index (χ1v) is 10.0. The molecule has 0 radical (unpaired) electrons. The Morgan fingerprint density at radius 1 is 1.21 bits per heavy atom. The first-order valence-electron chi connectivity index (χ1n) is 10.0. The summed E-state index contributed by atoms with van der Waals surface area (Å²) in [4.78, 5) is 33.0. The third-order valence-electron chi connectivity index (χ3n) is 5.47. The molecule has 1 saturated heterocycles. The van der Waals surface area contributed by atoms with Crippen molar-refractivity contribution in [1.29, 1.82) is 0 Å². The van der Waals surface area contributed by atoms with E-state index in [4.69, 9.17) is 4.42 Å². The van der Waals surface area contributed by atoms with Crippen LogP contribution in [0.4, 0.5) is 0 Å². The second-order valence-electron chi connectivity index (χ2n) is 7.60. The van der Waals surface area contributed by atoms with Crippen LogP contribution in [0.15, 0.2) is 52.9 Å². The van der Waals surface area contributed by atoms with Gasteiger partial charge in [0.2, 0.25) is 11.8 Å². The van der Waals surface area contributed by atoms with Crippen molar-refractivity contribution in [3.05, 3.63) is 54.1 Å². The number of rotatable bonds is 5. The van der Waals surface area contributed by atoms with Crippen molar-refractivity contribution in [2.24, 2.45) is 5.92 Å². The first-order chi connectivity index (χ1) is 14.0.